The van der Waals surface area contributed by atoms with Crippen molar-refractivity contribution < 1.29 is 24.2 Å². The van der Waals surface area contributed by atoms with E-state index in [4.69, 9.17) is 4.74 Å². The van der Waals surface area contributed by atoms with Gasteiger partial charge in [-0.2, -0.15) is 0 Å². The number of aliphatic hydroxyl groups is 1. The number of anilines is 1. The van der Waals surface area contributed by atoms with E-state index in [-0.39, 0.29) is 35.7 Å². The lowest BCUT2D eigenvalue weighted by molar-refractivity contribution is -0.147. The Bertz CT molecular complexity index is 1640. The van der Waals surface area contributed by atoms with Crippen LogP contribution in [0.5, 0.6) is 0 Å². The van der Waals surface area contributed by atoms with Crippen molar-refractivity contribution in [3.8, 4) is 0 Å². The average molecular weight is 687 g/mol. The molecule has 3 heterocycles. The third kappa shape index (κ3) is 5.28. The molecule has 6 rings (SSSR count). The lowest BCUT2D eigenvalue weighted by Crippen LogP contribution is -2.59. The Morgan fingerprint density at radius 2 is 1.74 bits per heavy atom. The molecule has 8 nitrogen and oxygen atoms in total. The van der Waals surface area contributed by atoms with Gasteiger partial charge < -0.3 is 24.5 Å². The van der Waals surface area contributed by atoms with Crippen molar-refractivity contribution in [2.75, 3.05) is 24.6 Å². The Morgan fingerprint density at radius 3 is 2.41 bits per heavy atom. The highest BCUT2D eigenvalue weighted by Gasteiger charge is 2.77. The number of rotatable bonds is 12. The van der Waals surface area contributed by atoms with E-state index in [1.165, 1.54) is 4.90 Å². The molecule has 7 atom stereocenters. The second-order valence-corrected chi connectivity index (χ2v) is 13.6. The van der Waals surface area contributed by atoms with Crippen LogP contribution in [-0.2, 0) is 25.7 Å². The van der Waals surface area contributed by atoms with E-state index >= 15 is 0 Å². The average Bonchev–Trinajstić information content (AvgIpc) is 3.67. The van der Waals surface area contributed by atoms with Gasteiger partial charge in [0.15, 0.2) is 0 Å². The normalized spacial score (nSPS) is 27.0. The number of carbonyl (C=O) groups is 3. The molecule has 46 heavy (non-hydrogen) atoms. The third-order valence-electron chi connectivity index (χ3n) is 9.82. The van der Waals surface area contributed by atoms with Crippen molar-refractivity contribution in [3.05, 3.63) is 104 Å². The van der Waals surface area contributed by atoms with Crippen molar-refractivity contribution in [1.82, 2.24) is 9.80 Å². The van der Waals surface area contributed by atoms with Crippen LogP contribution in [0.1, 0.15) is 25.3 Å². The summed E-state index contributed by atoms with van der Waals surface area (Å²) < 4.78 is 6.78. The fourth-order valence-electron chi connectivity index (χ4n) is 7.78. The van der Waals surface area contributed by atoms with Gasteiger partial charge in [0.2, 0.25) is 11.8 Å². The molecular weight excluding hydrogens is 646 g/mol. The molecular formula is C37H40BrN3O5. The van der Waals surface area contributed by atoms with Crippen LogP contribution < -0.4 is 4.90 Å². The summed E-state index contributed by atoms with van der Waals surface area (Å²) in [5, 5.41) is 12.5. The Labute approximate surface area is 278 Å². The predicted octanol–water partition coefficient (Wildman–Crippen LogP) is 5.09. The second-order valence-electron chi connectivity index (χ2n) is 12.4. The summed E-state index contributed by atoms with van der Waals surface area (Å²) in [4.78, 5) is 48.7. The van der Waals surface area contributed by atoms with Crippen LogP contribution in [0.4, 0.5) is 5.69 Å². The standard InChI is InChI=1S/C37H40BrN3O5/c1-4-18-39(22-24-12-8-7-9-13-24)34(43)30-31-35(44)41(27(6-3)23-42)33(37(31)21-29(38)32(30)46-37)36(45)40(19-5-2)28-17-16-25-14-10-11-15-26(25)20-28/h4-5,7-17,20,27,29-33,42H,1-2,6,18-19,21-23H2,3H3/t27-,29?,30+,31-,32+,33?,37?/m0/s1. The molecule has 3 aromatic carbocycles. The number of carbonyl (C=O) groups excluding carboxylic acids is 3. The SMILES string of the molecule is C=CCN(Cc1ccccc1)C(=O)[C@H]1[C@@H]2OC3(CC2Br)C(C(=O)N(CC=C)c2ccc4ccccc4c2)N([C@@H](CC)CO)C(=O)[C@H]13. The van der Waals surface area contributed by atoms with Crippen molar-refractivity contribution in [1.29, 1.82) is 0 Å². The molecule has 0 saturated carbocycles. The fourth-order valence-corrected chi connectivity index (χ4v) is 8.73. The monoisotopic (exact) mass is 685 g/mol. The molecule has 3 unspecified atom stereocenters. The summed E-state index contributed by atoms with van der Waals surface area (Å²) in [5.41, 5.74) is 0.378. The summed E-state index contributed by atoms with van der Waals surface area (Å²) in [6, 6.07) is 21.8. The number of alkyl halides is 1. The number of nitrogens with zero attached hydrogens (tertiary/aromatic N) is 3. The maximum absolute atomic E-state index is 14.9. The summed E-state index contributed by atoms with van der Waals surface area (Å²) in [6.45, 7) is 10.2. The van der Waals surface area contributed by atoms with Gasteiger partial charge in [0, 0.05) is 30.1 Å². The molecule has 0 aromatic heterocycles. The number of halogens is 1. The van der Waals surface area contributed by atoms with E-state index in [9.17, 15) is 19.5 Å². The van der Waals surface area contributed by atoms with Crippen LogP contribution in [0, 0.1) is 11.8 Å². The molecule has 2 bridgehead atoms. The fraction of sp³-hybridized carbons (Fsp3) is 0.378. The van der Waals surface area contributed by atoms with Crippen LogP contribution in [-0.4, -0.2) is 80.9 Å². The maximum atomic E-state index is 14.9. The van der Waals surface area contributed by atoms with Gasteiger partial charge in [0.25, 0.3) is 5.91 Å². The van der Waals surface area contributed by atoms with Gasteiger partial charge in [0.05, 0.1) is 30.6 Å². The molecule has 3 amide bonds. The van der Waals surface area contributed by atoms with Gasteiger partial charge in [0.1, 0.15) is 11.6 Å². The van der Waals surface area contributed by atoms with E-state index in [2.05, 4.69) is 29.1 Å². The zero-order chi connectivity index (χ0) is 32.6. The molecule has 0 aliphatic carbocycles. The van der Waals surface area contributed by atoms with Gasteiger partial charge in [-0.3, -0.25) is 14.4 Å². The summed E-state index contributed by atoms with van der Waals surface area (Å²) in [7, 11) is 0. The molecule has 0 radical (unpaired) electrons. The third-order valence-corrected chi connectivity index (χ3v) is 10.7. The first-order valence-corrected chi connectivity index (χ1v) is 16.8. The minimum absolute atomic E-state index is 0.208. The quantitative estimate of drug-likeness (QED) is 0.212. The van der Waals surface area contributed by atoms with Crippen molar-refractivity contribution in [3.63, 3.8) is 0 Å². The zero-order valence-electron chi connectivity index (χ0n) is 26.0. The summed E-state index contributed by atoms with van der Waals surface area (Å²) in [6.07, 6.45) is 3.57. The second kappa shape index (κ2) is 13.1. The van der Waals surface area contributed by atoms with Crippen LogP contribution in [0.15, 0.2) is 98.1 Å². The number of ether oxygens (including phenoxy) is 1. The lowest BCUT2D eigenvalue weighted by atomic mass is 9.70. The molecule has 3 aliphatic rings. The Kier molecular flexibility index (Phi) is 9.19. The minimum Gasteiger partial charge on any atom is -0.394 e. The number of likely N-dealkylation sites (tertiary alicyclic amines) is 1. The van der Waals surface area contributed by atoms with E-state index in [1.807, 2.05) is 79.7 Å². The van der Waals surface area contributed by atoms with E-state index < -0.39 is 35.6 Å². The van der Waals surface area contributed by atoms with Gasteiger partial charge in [-0.1, -0.05) is 95.7 Å². The van der Waals surface area contributed by atoms with E-state index in [0.717, 1.165) is 16.3 Å². The largest absolute Gasteiger partial charge is 0.394 e. The Morgan fingerprint density at radius 1 is 1.04 bits per heavy atom. The molecule has 1 N–H and O–H groups in total. The first-order valence-electron chi connectivity index (χ1n) is 15.9. The molecule has 3 aromatic rings. The Balaban J connectivity index is 1.42. The van der Waals surface area contributed by atoms with Crippen molar-refractivity contribution in [2.24, 2.45) is 11.8 Å². The predicted molar refractivity (Wildman–Crippen MR) is 182 cm³/mol. The van der Waals surface area contributed by atoms with Crippen LogP contribution in [0.2, 0.25) is 0 Å². The molecule has 3 fully saturated rings. The number of fused-ring (bicyclic) bond motifs is 2. The van der Waals surface area contributed by atoms with Gasteiger partial charge in [-0.15, -0.1) is 13.2 Å². The maximum Gasteiger partial charge on any atom is 0.253 e. The number of hydrogen-bond donors (Lipinski definition) is 1. The van der Waals surface area contributed by atoms with Gasteiger partial charge in [-0.25, -0.2) is 0 Å². The van der Waals surface area contributed by atoms with Crippen molar-refractivity contribution >= 4 is 50.1 Å². The van der Waals surface area contributed by atoms with E-state index in [1.54, 1.807) is 22.0 Å². The van der Waals surface area contributed by atoms with E-state index in [0.29, 0.717) is 31.6 Å². The lowest BCUT2D eigenvalue weighted by Gasteiger charge is -2.39. The summed E-state index contributed by atoms with van der Waals surface area (Å²) in [5.74, 6) is -2.54. The first-order chi connectivity index (χ1) is 22.3. The Hall–Kier alpha value is -3.79. The molecule has 9 heteroatoms. The highest BCUT2D eigenvalue weighted by molar-refractivity contribution is 9.09. The van der Waals surface area contributed by atoms with Crippen LogP contribution in [0.25, 0.3) is 10.8 Å². The molecule has 3 aliphatic heterocycles. The van der Waals surface area contributed by atoms with Crippen LogP contribution in [0.3, 0.4) is 0 Å². The number of aliphatic hydroxyl groups excluding tert-OH is 1. The summed E-state index contributed by atoms with van der Waals surface area (Å²) >= 11 is 3.78. The molecule has 240 valence electrons. The smallest absolute Gasteiger partial charge is 0.253 e. The number of benzene rings is 3. The minimum atomic E-state index is -1.25. The molecule has 1 spiro atoms. The highest BCUT2D eigenvalue weighted by Crippen LogP contribution is 2.61. The number of hydrogen-bond acceptors (Lipinski definition) is 5. The molecule has 3 saturated heterocycles. The van der Waals surface area contributed by atoms with Gasteiger partial charge in [-0.05, 0) is 41.3 Å². The topological polar surface area (TPSA) is 90.4 Å². The van der Waals surface area contributed by atoms with Gasteiger partial charge >= 0.3 is 0 Å². The first kappa shape index (κ1) is 32.2. The number of amides is 3. The zero-order valence-corrected chi connectivity index (χ0v) is 27.6. The van der Waals surface area contributed by atoms with Crippen LogP contribution >= 0.6 is 15.9 Å². The van der Waals surface area contributed by atoms with Crippen molar-refractivity contribution in [2.45, 2.75) is 54.9 Å². The highest BCUT2D eigenvalue weighted by atomic mass is 79.9.